The summed E-state index contributed by atoms with van der Waals surface area (Å²) in [6.07, 6.45) is 1.60. The molecule has 1 aromatic rings. The lowest BCUT2D eigenvalue weighted by Gasteiger charge is -2.22. The lowest BCUT2D eigenvalue weighted by molar-refractivity contribution is 0.397. The number of phenols is 1. The molecule has 1 unspecified atom stereocenters. The zero-order valence-corrected chi connectivity index (χ0v) is 7.56. The summed E-state index contributed by atoms with van der Waals surface area (Å²) in [5.74, 6) is -2.71. The fraction of sp³-hybridized carbons (Fsp3) is 0.400. The highest BCUT2D eigenvalue weighted by Crippen LogP contribution is 2.30. The van der Waals surface area contributed by atoms with Gasteiger partial charge in [0.1, 0.15) is 0 Å². The first-order valence-electron chi connectivity index (χ1n) is 4.54. The smallest absolute Gasteiger partial charge is 0.200 e. The second-order valence-electron chi connectivity index (χ2n) is 3.66. The topological polar surface area (TPSA) is 46.2 Å². The average molecular weight is 199 g/mol. The van der Waals surface area contributed by atoms with E-state index in [1.807, 2.05) is 0 Å². The first kappa shape index (κ1) is 9.40. The molecule has 4 heteroatoms. The molecule has 0 spiro atoms. The maximum Gasteiger partial charge on any atom is 0.200 e. The Hall–Kier alpha value is -1.16. The van der Waals surface area contributed by atoms with Gasteiger partial charge in [-0.3, -0.25) is 0 Å². The molecule has 0 saturated heterocycles. The monoisotopic (exact) mass is 199 g/mol. The highest BCUT2D eigenvalue weighted by Gasteiger charge is 2.23. The Balaban J connectivity index is 2.54. The molecule has 1 aliphatic carbocycles. The van der Waals surface area contributed by atoms with E-state index in [0.29, 0.717) is 30.4 Å². The molecule has 76 valence electrons. The molecule has 3 N–H and O–H groups in total. The molecular weight excluding hydrogens is 188 g/mol. The van der Waals surface area contributed by atoms with Crippen LogP contribution in [0.15, 0.2) is 6.07 Å². The molecule has 1 atom stereocenters. The summed E-state index contributed by atoms with van der Waals surface area (Å²) in [6, 6.07) is 1.25. The normalized spacial score (nSPS) is 20.6. The molecule has 1 aliphatic rings. The SMILES string of the molecule is NC1CCc2c(cc(O)c(F)c2F)C1. The van der Waals surface area contributed by atoms with Crippen LogP contribution in [0.1, 0.15) is 17.5 Å². The molecule has 2 nitrogen and oxygen atoms in total. The Morgan fingerprint density at radius 1 is 1.36 bits per heavy atom. The summed E-state index contributed by atoms with van der Waals surface area (Å²) in [7, 11) is 0. The fourth-order valence-corrected chi connectivity index (χ4v) is 1.87. The number of benzene rings is 1. The zero-order chi connectivity index (χ0) is 10.3. The highest BCUT2D eigenvalue weighted by atomic mass is 19.2. The third-order valence-corrected chi connectivity index (χ3v) is 2.63. The standard InChI is InChI=1S/C10H11F2NO/c11-9-7-2-1-6(13)3-5(7)4-8(14)10(9)12/h4,6,14H,1-3,13H2. The van der Waals surface area contributed by atoms with Gasteiger partial charge >= 0.3 is 0 Å². The summed E-state index contributed by atoms with van der Waals surface area (Å²) in [6.45, 7) is 0. The van der Waals surface area contributed by atoms with E-state index >= 15 is 0 Å². The Kier molecular flexibility index (Phi) is 2.15. The summed E-state index contributed by atoms with van der Waals surface area (Å²) in [5, 5.41) is 9.09. The third-order valence-electron chi connectivity index (χ3n) is 2.63. The van der Waals surface area contributed by atoms with E-state index < -0.39 is 17.4 Å². The predicted octanol–water partition coefficient (Wildman–Crippen LogP) is 1.49. The number of aromatic hydroxyl groups is 1. The van der Waals surface area contributed by atoms with Crippen LogP contribution < -0.4 is 5.73 Å². The molecule has 0 bridgehead atoms. The number of rotatable bonds is 0. The quantitative estimate of drug-likeness (QED) is 0.665. The molecular formula is C10H11F2NO. The van der Waals surface area contributed by atoms with E-state index in [4.69, 9.17) is 10.8 Å². The van der Waals surface area contributed by atoms with Gasteiger partial charge in [0.15, 0.2) is 11.6 Å². The summed E-state index contributed by atoms with van der Waals surface area (Å²) in [4.78, 5) is 0. The van der Waals surface area contributed by atoms with Crippen molar-refractivity contribution in [2.75, 3.05) is 0 Å². The Morgan fingerprint density at radius 2 is 2.07 bits per heavy atom. The van der Waals surface area contributed by atoms with Crippen molar-refractivity contribution in [1.82, 2.24) is 0 Å². The predicted molar refractivity (Wildman–Crippen MR) is 48.0 cm³/mol. The molecule has 14 heavy (non-hydrogen) atoms. The van der Waals surface area contributed by atoms with E-state index in [0.717, 1.165) is 0 Å². The minimum Gasteiger partial charge on any atom is -0.505 e. The van der Waals surface area contributed by atoms with Gasteiger partial charge in [0, 0.05) is 6.04 Å². The van der Waals surface area contributed by atoms with Crippen LogP contribution in [0.5, 0.6) is 5.75 Å². The van der Waals surface area contributed by atoms with Crippen molar-refractivity contribution < 1.29 is 13.9 Å². The first-order chi connectivity index (χ1) is 6.59. The number of hydrogen-bond donors (Lipinski definition) is 2. The van der Waals surface area contributed by atoms with Gasteiger partial charge in [-0.2, -0.15) is 4.39 Å². The van der Waals surface area contributed by atoms with Crippen LogP contribution in [0.25, 0.3) is 0 Å². The van der Waals surface area contributed by atoms with Crippen LogP contribution in [0.4, 0.5) is 8.78 Å². The van der Waals surface area contributed by atoms with Crippen molar-refractivity contribution in [1.29, 1.82) is 0 Å². The Labute approximate surface area is 80.4 Å². The summed E-state index contributed by atoms with van der Waals surface area (Å²) < 4.78 is 26.3. The number of nitrogens with two attached hydrogens (primary N) is 1. The first-order valence-corrected chi connectivity index (χ1v) is 4.54. The van der Waals surface area contributed by atoms with E-state index in [1.54, 1.807) is 0 Å². The second kappa shape index (κ2) is 3.20. The van der Waals surface area contributed by atoms with E-state index in [1.165, 1.54) is 6.07 Å². The lowest BCUT2D eigenvalue weighted by atomic mass is 9.88. The minimum atomic E-state index is -1.15. The van der Waals surface area contributed by atoms with Gasteiger partial charge in [-0.1, -0.05) is 0 Å². The van der Waals surface area contributed by atoms with E-state index in [-0.39, 0.29) is 6.04 Å². The fourth-order valence-electron chi connectivity index (χ4n) is 1.87. The van der Waals surface area contributed by atoms with Crippen LogP contribution in [0.2, 0.25) is 0 Å². The molecule has 0 aliphatic heterocycles. The molecule has 0 saturated carbocycles. The molecule has 0 amide bonds. The van der Waals surface area contributed by atoms with Crippen LogP contribution >= 0.6 is 0 Å². The molecule has 0 aromatic heterocycles. The maximum absolute atomic E-state index is 13.3. The van der Waals surface area contributed by atoms with Crippen molar-refractivity contribution in [2.45, 2.75) is 25.3 Å². The Morgan fingerprint density at radius 3 is 2.79 bits per heavy atom. The lowest BCUT2D eigenvalue weighted by Crippen LogP contribution is -2.28. The highest BCUT2D eigenvalue weighted by molar-refractivity contribution is 5.39. The van der Waals surface area contributed by atoms with Crippen molar-refractivity contribution in [3.05, 3.63) is 28.8 Å². The second-order valence-corrected chi connectivity index (χ2v) is 3.66. The molecule has 0 heterocycles. The van der Waals surface area contributed by atoms with Gasteiger partial charge in [0.05, 0.1) is 0 Å². The maximum atomic E-state index is 13.3. The van der Waals surface area contributed by atoms with Gasteiger partial charge in [0.2, 0.25) is 5.82 Å². The van der Waals surface area contributed by atoms with Gasteiger partial charge in [-0.25, -0.2) is 4.39 Å². The van der Waals surface area contributed by atoms with Gasteiger partial charge < -0.3 is 10.8 Å². The summed E-state index contributed by atoms with van der Waals surface area (Å²) in [5.41, 5.74) is 6.68. The average Bonchev–Trinajstić information content (AvgIpc) is 2.14. The Bertz CT molecular complexity index is 379. The molecule has 0 radical (unpaired) electrons. The van der Waals surface area contributed by atoms with Crippen LogP contribution in [-0.4, -0.2) is 11.1 Å². The van der Waals surface area contributed by atoms with E-state index in [9.17, 15) is 8.78 Å². The van der Waals surface area contributed by atoms with Crippen molar-refractivity contribution in [3.63, 3.8) is 0 Å². The number of fused-ring (bicyclic) bond motifs is 1. The van der Waals surface area contributed by atoms with Gasteiger partial charge in [0.25, 0.3) is 0 Å². The molecule has 0 fully saturated rings. The van der Waals surface area contributed by atoms with Crippen molar-refractivity contribution in [3.8, 4) is 5.75 Å². The van der Waals surface area contributed by atoms with Crippen molar-refractivity contribution >= 4 is 0 Å². The zero-order valence-electron chi connectivity index (χ0n) is 7.56. The van der Waals surface area contributed by atoms with Crippen LogP contribution in [0, 0.1) is 11.6 Å². The number of hydrogen-bond acceptors (Lipinski definition) is 2. The third kappa shape index (κ3) is 1.35. The summed E-state index contributed by atoms with van der Waals surface area (Å²) >= 11 is 0. The number of phenolic OH excluding ortho intramolecular Hbond substituents is 1. The van der Waals surface area contributed by atoms with E-state index in [2.05, 4.69) is 0 Å². The molecule has 1 aromatic carbocycles. The van der Waals surface area contributed by atoms with Crippen LogP contribution in [0.3, 0.4) is 0 Å². The molecule has 2 rings (SSSR count). The van der Waals surface area contributed by atoms with Gasteiger partial charge in [-0.05, 0) is 36.5 Å². The van der Waals surface area contributed by atoms with Crippen molar-refractivity contribution in [2.24, 2.45) is 5.73 Å². The van der Waals surface area contributed by atoms with Crippen LogP contribution in [-0.2, 0) is 12.8 Å². The number of halogens is 2. The van der Waals surface area contributed by atoms with Gasteiger partial charge in [-0.15, -0.1) is 0 Å². The largest absolute Gasteiger partial charge is 0.505 e. The minimum absolute atomic E-state index is 0.0215.